The first kappa shape index (κ1) is 38.7. The van der Waals surface area contributed by atoms with Gasteiger partial charge < -0.3 is 28.7 Å². The van der Waals surface area contributed by atoms with Gasteiger partial charge in [-0.3, -0.25) is 0 Å². The highest BCUT2D eigenvalue weighted by Gasteiger charge is 2.56. The Morgan fingerprint density at radius 3 is 1.20 bits per heavy atom. The minimum atomic E-state index is -3.65. The Morgan fingerprint density at radius 1 is 0.400 bits per heavy atom. The molecule has 6 heterocycles. The Balaban J connectivity index is 0.916. The fraction of sp³-hybridized carbons (Fsp3) is 0.0492. The van der Waals surface area contributed by atoms with Crippen LogP contribution < -0.4 is 56.1 Å². The molecule has 9 heteroatoms. The van der Waals surface area contributed by atoms with E-state index in [0.717, 1.165) is 115 Å². The highest BCUT2D eigenvalue weighted by atomic mass is 32.3. The molecule has 0 atom stereocenters. The van der Waals surface area contributed by atoms with Gasteiger partial charge in [0.2, 0.25) is 0 Å². The molecule has 332 valence electrons. The van der Waals surface area contributed by atoms with Gasteiger partial charge in [-0.15, -0.1) is 0 Å². The molecule has 0 aromatic heterocycles. The van der Waals surface area contributed by atoms with Gasteiger partial charge in [0, 0.05) is 54.8 Å². The SMILES string of the molecule is C[SH]12(c3ccccc3N(c3cc4c5c(c3)Oc3ccccc3B5C3=C(C=CCC3)O4)c3ccccc31)c1ccccc1N(c1cc3c4c(c1)Oc1ccccc1B4c1ccccc1O3)c1ccccc12. The van der Waals surface area contributed by atoms with Crippen LogP contribution in [0.2, 0.25) is 0 Å². The molecule has 9 aromatic carbocycles. The molecule has 70 heavy (non-hydrogen) atoms. The second-order valence-electron chi connectivity index (χ2n) is 19.6. The lowest BCUT2D eigenvalue weighted by Gasteiger charge is -2.67. The van der Waals surface area contributed by atoms with E-state index in [0.29, 0.717) is 0 Å². The number of benzene rings is 9. The fourth-order valence-electron chi connectivity index (χ4n) is 13.4. The van der Waals surface area contributed by atoms with E-state index in [9.17, 15) is 0 Å². The van der Waals surface area contributed by atoms with Crippen molar-refractivity contribution in [3.05, 3.63) is 218 Å². The third kappa shape index (κ3) is 4.78. The van der Waals surface area contributed by atoms with Gasteiger partial charge in [-0.1, -0.05) is 109 Å². The topological polar surface area (TPSA) is 43.4 Å². The van der Waals surface area contributed by atoms with Gasteiger partial charge in [-0.2, -0.15) is 9.16 Å². The van der Waals surface area contributed by atoms with Crippen LogP contribution in [-0.2, 0) is 0 Å². The Morgan fingerprint density at radius 2 is 0.757 bits per heavy atom. The van der Waals surface area contributed by atoms with Crippen molar-refractivity contribution in [2.45, 2.75) is 32.4 Å². The summed E-state index contributed by atoms with van der Waals surface area (Å²) < 4.78 is 27.7. The molecule has 0 unspecified atom stereocenters. The number of allylic oxidation sites excluding steroid dienone is 3. The van der Waals surface area contributed by atoms with Crippen LogP contribution in [0.25, 0.3) is 0 Å². The summed E-state index contributed by atoms with van der Waals surface area (Å²) in [6, 6.07) is 70.8. The number of para-hydroxylation sites is 7. The molecule has 0 bridgehead atoms. The largest absolute Gasteiger partial charge is 0.459 e. The van der Waals surface area contributed by atoms with E-state index < -0.39 is 9.16 Å². The molecule has 0 N–H and O–H groups in total. The maximum Gasteiger partial charge on any atom is 0.260 e. The second-order valence-corrected chi connectivity index (χ2v) is 24.7. The van der Waals surface area contributed by atoms with Gasteiger partial charge >= 0.3 is 0 Å². The molecule has 0 radical (unpaired) electrons. The lowest BCUT2D eigenvalue weighted by molar-refractivity contribution is 0.428. The van der Waals surface area contributed by atoms with Crippen LogP contribution >= 0.6 is 9.16 Å². The van der Waals surface area contributed by atoms with Crippen LogP contribution in [0.1, 0.15) is 12.8 Å². The first-order valence-corrected chi connectivity index (χ1v) is 27.0. The van der Waals surface area contributed by atoms with Gasteiger partial charge in [-0.25, -0.2) is 0 Å². The summed E-state index contributed by atoms with van der Waals surface area (Å²) in [6.07, 6.45) is 8.95. The third-order valence-corrected chi connectivity index (χ3v) is 22.6. The van der Waals surface area contributed by atoms with Crippen LogP contribution in [0, 0.1) is 0 Å². The average molecular weight is 921 g/mol. The number of anilines is 6. The van der Waals surface area contributed by atoms with Crippen LogP contribution in [0.5, 0.6) is 40.2 Å². The lowest BCUT2D eigenvalue weighted by atomic mass is 9.33. The predicted molar refractivity (Wildman–Crippen MR) is 285 cm³/mol. The first-order chi connectivity index (χ1) is 34.5. The molecule has 7 aliphatic rings. The lowest BCUT2D eigenvalue weighted by Crippen LogP contribution is -2.57. The van der Waals surface area contributed by atoms with Crippen LogP contribution in [0.4, 0.5) is 34.1 Å². The van der Waals surface area contributed by atoms with Crippen LogP contribution in [0.15, 0.2) is 237 Å². The summed E-state index contributed by atoms with van der Waals surface area (Å²) in [6.45, 7) is 0.0661. The van der Waals surface area contributed by atoms with E-state index in [1.807, 2.05) is 0 Å². The summed E-state index contributed by atoms with van der Waals surface area (Å²) in [4.78, 5) is 10.1. The second kappa shape index (κ2) is 13.7. The zero-order valence-electron chi connectivity index (χ0n) is 38.2. The molecule has 1 aliphatic carbocycles. The smallest absolute Gasteiger partial charge is 0.260 e. The van der Waals surface area contributed by atoms with Gasteiger partial charge in [0.15, 0.2) is 0 Å². The Hall–Kier alpha value is -8.26. The number of thiol groups is 1. The standard InChI is InChI=1S/C61H42B2N2O4S/c1-70(56-30-14-6-22-44(56)64(45-23-7-15-31-57(45)70)38-34-52-60-53(35-38)67-49-27-11-3-19-41(49)62(60)40-18-2-10-26-48(40)66-52)58-32-16-8-24-46(58)65(47-25-9-17-33-59(47)70)39-36-54-61-55(37-39)69-51-29-13-5-21-43(51)63(61)42-20-4-12-28-50(42)68-54/h2-4,6-20,22-37,70H,5,21H2,1H3. The van der Waals surface area contributed by atoms with Crippen LogP contribution in [-0.4, -0.2) is 19.7 Å². The molecule has 0 fully saturated rings. The maximum absolute atomic E-state index is 6.95. The van der Waals surface area contributed by atoms with E-state index in [2.05, 4.69) is 222 Å². The highest BCUT2D eigenvalue weighted by Crippen LogP contribution is 2.95. The number of hydrogen-bond acceptors (Lipinski definition) is 6. The number of hydrogen-bond donors (Lipinski definition) is 1. The van der Waals surface area contributed by atoms with Gasteiger partial charge in [0.05, 0.1) is 34.1 Å². The molecule has 0 saturated carbocycles. The van der Waals surface area contributed by atoms with E-state index in [-0.39, 0.29) is 13.4 Å². The summed E-state index contributed by atoms with van der Waals surface area (Å²) in [5, 5.41) is 0. The highest BCUT2D eigenvalue weighted by molar-refractivity contribution is 8.49. The van der Waals surface area contributed by atoms with Crippen molar-refractivity contribution in [2.24, 2.45) is 0 Å². The van der Waals surface area contributed by atoms with Gasteiger partial charge in [-0.05, 0) is 114 Å². The Labute approximate surface area is 407 Å². The summed E-state index contributed by atoms with van der Waals surface area (Å²) in [5.41, 5.74) is 13.5. The van der Waals surface area contributed by atoms with Crippen molar-refractivity contribution >= 4 is 84.0 Å². The molecule has 1 spiro atoms. The van der Waals surface area contributed by atoms with Crippen molar-refractivity contribution in [2.75, 3.05) is 16.1 Å². The average Bonchev–Trinajstić information content (AvgIpc) is 3.41. The predicted octanol–water partition coefficient (Wildman–Crippen LogP) is 12.5. The molecule has 0 amide bonds. The summed E-state index contributed by atoms with van der Waals surface area (Å²) in [7, 11) is -3.65. The van der Waals surface area contributed by atoms with Gasteiger partial charge in [0.25, 0.3) is 13.4 Å². The van der Waals surface area contributed by atoms with Crippen LogP contribution in [0.3, 0.4) is 0 Å². The number of nitrogens with zero attached hydrogens (tertiary/aromatic N) is 2. The summed E-state index contributed by atoms with van der Waals surface area (Å²) >= 11 is 0. The number of rotatable bonds is 2. The van der Waals surface area contributed by atoms with E-state index in [4.69, 9.17) is 18.9 Å². The summed E-state index contributed by atoms with van der Waals surface area (Å²) in [5.74, 6) is 6.91. The Bertz CT molecular complexity index is 3730. The molecule has 0 saturated heterocycles. The number of fused-ring (bicyclic) bond motifs is 15. The molecule has 6 nitrogen and oxygen atoms in total. The minimum Gasteiger partial charge on any atom is -0.459 e. The van der Waals surface area contributed by atoms with Crippen molar-refractivity contribution in [3.8, 4) is 40.2 Å². The first-order valence-electron chi connectivity index (χ1n) is 24.3. The van der Waals surface area contributed by atoms with Crippen molar-refractivity contribution in [3.63, 3.8) is 0 Å². The normalized spacial score (nSPS) is 17.4. The van der Waals surface area contributed by atoms with E-state index >= 15 is 0 Å². The van der Waals surface area contributed by atoms with E-state index in [1.54, 1.807) is 0 Å². The molecule has 6 aliphatic heterocycles. The third-order valence-electron chi connectivity index (χ3n) is 16.3. The molecular formula is C61H42B2N2O4S. The van der Waals surface area contributed by atoms with E-state index in [1.165, 1.54) is 30.5 Å². The quantitative estimate of drug-likeness (QED) is 0.138. The van der Waals surface area contributed by atoms with Crippen molar-refractivity contribution in [1.82, 2.24) is 0 Å². The zero-order valence-corrected chi connectivity index (χ0v) is 39.1. The molecule has 9 aromatic rings. The fourth-order valence-corrected chi connectivity index (χ4v) is 19.8. The van der Waals surface area contributed by atoms with Gasteiger partial charge in [0.1, 0.15) is 46.0 Å². The Kier molecular flexibility index (Phi) is 7.58. The maximum atomic E-state index is 6.95. The van der Waals surface area contributed by atoms with Crippen molar-refractivity contribution in [1.29, 1.82) is 0 Å². The van der Waals surface area contributed by atoms with Crippen molar-refractivity contribution < 1.29 is 18.9 Å². The monoisotopic (exact) mass is 920 g/mol. The molecular weight excluding hydrogens is 878 g/mol. The zero-order chi connectivity index (χ0) is 45.9. The number of ether oxygens (including phenoxy) is 4. The molecule has 16 rings (SSSR count). The minimum absolute atomic E-state index is 0.00902.